The standard InChI is InChI=1S/C14H10ClNO2/c15-8-18-12-7-3-6-11-13(12)14(17)9-4-1-2-5-10(9)16-11/h1-7H,8H2,(H,16,17). The van der Waals surface area contributed by atoms with Gasteiger partial charge in [0.15, 0.2) is 6.07 Å². The van der Waals surface area contributed by atoms with Crippen LogP contribution in [-0.4, -0.2) is 11.1 Å². The van der Waals surface area contributed by atoms with Crippen molar-refractivity contribution in [3.63, 3.8) is 0 Å². The van der Waals surface area contributed by atoms with Gasteiger partial charge in [0.2, 0.25) is 5.43 Å². The second-order valence-electron chi connectivity index (χ2n) is 3.93. The van der Waals surface area contributed by atoms with Gasteiger partial charge < -0.3 is 9.72 Å². The third-order valence-corrected chi connectivity index (χ3v) is 3.01. The SMILES string of the molecule is O=c1c2ccccc2[nH]c2cccc(OCCl)c12. The quantitative estimate of drug-likeness (QED) is 0.567. The monoisotopic (exact) mass is 259 g/mol. The topological polar surface area (TPSA) is 42.1 Å². The zero-order valence-electron chi connectivity index (χ0n) is 9.44. The van der Waals surface area contributed by atoms with Crippen LogP contribution >= 0.6 is 11.6 Å². The van der Waals surface area contributed by atoms with Gasteiger partial charge in [0.05, 0.1) is 10.9 Å². The van der Waals surface area contributed by atoms with Crippen molar-refractivity contribution in [2.45, 2.75) is 0 Å². The Kier molecular flexibility index (Phi) is 2.68. The molecule has 1 heterocycles. The molecule has 0 saturated heterocycles. The molecule has 0 aliphatic heterocycles. The summed E-state index contributed by atoms with van der Waals surface area (Å²) in [6.07, 6.45) is 0. The highest BCUT2D eigenvalue weighted by molar-refractivity contribution is 6.17. The first-order valence-corrected chi connectivity index (χ1v) is 6.07. The van der Waals surface area contributed by atoms with Gasteiger partial charge in [-0.25, -0.2) is 0 Å². The fourth-order valence-corrected chi connectivity index (χ4v) is 2.24. The van der Waals surface area contributed by atoms with Crippen molar-refractivity contribution in [3.05, 3.63) is 52.7 Å². The first-order chi connectivity index (χ1) is 8.81. The third kappa shape index (κ3) is 1.64. The molecule has 0 aliphatic carbocycles. The second-order valence-corrected chi connectivity index (χ2v) is 4.15. The van der Waals surface area contributed by atoms with E-state index in [0.29, 0.717) is 16.5 Å². The van der Waals surface area contributed by atoms with Crippen LogP contribution in [0, 0.1) is 0 Å². The molecule has 0 bridgehead atoms. The number of aromatic amines is 1. The van der Waals surface area contributed by atoms with Crippen LogP contribution in [0.1, 0.15) is 0 Å². The number of para-hydroxylation sites is 1. The molecule has 0 unspecified atom stereocenters. The summed E-state index contributed by atoms with van der Waals surface area (Å²) >= 11 is 5.57. The Hall–Kier alpha value is -2.00. The normalized spacial score (nSPS) is 10.9. The summed E-state index contributed by atoms with van der Waals surface area (Å²) in [6, 6.07) is 12.9. The first-order valence-electron chi connectivity index (χ1n) is 5.54. The van der Waals surface area contributed by atoms with Crippen molar-refractivity contribution in [2.24, 2.45) is 0 Å². The number of hydrogen-bond acceptors (Lipinski definition) is 2. The van der Waals surface area contributed by atoms with Gasteiger partial charge in [-0.15, -0.1) is 0 Å². The highest BCUT2D eigenvalue weighted by atomic mass is 35.5. The van der Waals surface area contributed by atoms with E-state index in [2.05, 4.69) is 4.98 Å². The van der Waals surface area contributed by atoms with Gasteiger partial charge in [-0.3, -0.25) is 4.79 Å². The lowest BCUT2D eigenvalue weighted by molar-refractivity contribution is 0.392. The van der Waals surface area contributed by atoms with Crippen LogP contribution < -0.4 is 10.2 Å². The molecule has 90 valence electrons. The summed E-state index contributed by atoms with van der Waals surface area (Å²) in [5.74, 6) is 0.509. The number of aromatic nitrogens is 1. The van der Waals surface area contributed by atoms with Crippen LogP contribution in [0.25, 0.3) is 21.8 Å². The minimum Gasteiger partial charge on any atom is -0.477 e. The molecule has 0 atom stereocenters. The molecule has 18 heavy (non-hydrogen) atoms. The minimum absolute atomic E-state index is 0.0192. The summed E-state index contributed by atoms with van der Waals surface area (Å²) in [6.45, 7) is 0. The van der Waals surface area contributed by atoms with Gasteiger partial charge in [-0.1, -0.05) is 29.8 Å². The largest absolute Gasteiger partial charge is 0.477 e. The predicted octanol–water partition coefficient (Wildman–Crippen LogP) is 3.26. The molecule has 1 aromatic heterocycles. The molecule has 2 aromatic carbocycles. The third-order valence-electron chi connectivity index (χ3n) is 2.90. The number of fused-ring (bicyclic) bond motifs is 2. The van der Waals surface area contributed by atoms with Crippen molar-refractivity contribution < 1.29 is 4.74 Å². The lowest BCUT2D eigenvalue weighted by atomic mass is 10.1. The van der Waals surface area contributed by atoms with Crippen LogP contribution in [0.5, 0.6) is 5.75 Å². The maximum absolute atomic E-state index is 12.4. The van der Waals surface area contributed by atoms with E-state index in [1.54, 1.807) is 12.1 Å². The molecular weight excluding hydrogens is 250 g/mol. The van der Waals surface area contributed by atoms with Crippen LogP contribution in [-0.2, 0) is 0 Å². The smallest absolute Gasteiger partial charge is 0.200 e. The lowest BCUT2D eigenvalue weighted by Crippen LogP contribution is -2.06. The fraction of sp³-hybridized carbons (Fsp3) is 0.0714. The molecule has 0 saturated carbocycles. The van der Waals surface area contributed by atoms with E-state index in [9.17, 15) is 4.79 Å². The maximum atomic E-state index is 12.4. The highest BCUT2D eigenvalue weighted by Crippen LogP contribution is 2.23. The maximum Gasteiger partial charge on any atom is 0.200 e. The Morgan fingerprint density at radius 1 is 1.06 bits per heavy atom. The van der Waals surface area contributed by atoms with Gasteiger partial charge in [0.25, 0.3) is 0 Å². The number of rotatable bonds is 2. The van der Waals surface area contributed by atoms with Gasteiger partial charge in [-0.2, -0.15) is 0 Å². The zero-order chi connectivity index (χ0) is 12.5. The molecule has 0 fully saturated rings. The summed E-state index contributed by atoms with van der Waals surface area (Å²) < 4.78 is 5.29. The molecule has 3 nitrogen and oxygen atoms in total. The Morgan fingerprint density at radius 2 is 1.83 bits per heavy atom. The summed E-state index contributed by atoms with van der Waals surface area (Å²) in [7, 11) is 0. The van der Waals surface area contributed by atoms with Crippen LogP contribution in [0.15, 0.2) is 47.3 Å². The van der Waals surface area contributed by atoms with E-state index in [1.165, 1.54) is 0 Å². The Labute approximate surface area is 108 Å². The van der Waals surface area contributed by atoms with Crippen molar-refractivity contribution in [3.8, 4) is 5.75 Å². The van der Waals surface area contributed by atoms with Crippen LogP contribution in [0.2, 0.25) is 0 Å². The van der Waals surface area contributed by atoms with E-state index >= 15 is 0 Å². The van der Waals surface area contributed by atoms with E-state index < -0.39 is 0 Å². The fourth-order valence-electron chi connectivity index (χ4n) is 2.12. The molecule has 0 spiro atoms. The number of alkyl halides is 1. The average molecular weight is 260 g/mol. The predicted molar refractivity (Wildman–Crippen MR) is 73.4 cm³/mol. The van der Waals surface area contributed by atoms with E-state index in [0.717, 1.165) is 11.0 Å². The summed E-state index contributed by atoms with van der Waals surface area (Å²) in [4.78, 5) is 15.7. The molecule has 0 amide bonds. The number of hydrogen-bond donors (Lipinski definition) is 1. The molecular formula is C14H10ClNO2. The van der Waals surface area contributed by atoms with Crippen molar-refractivity contribution >= 4 is 33.4 Å². The number of pyridine rings is 1. The second kappa shape index (κ2) is 4.35. The van der Waals surface area contributed by atoms with Gasteiger partial charge in [0.1, 0.15) is 5.75 Å². The Bertz CT molecular complexity index is 779. The Morgan fingerprint density at radius 3 is 2.67 bits per heavy atom. The van der Waals surface area contributed by atoms with E-state index in [-0.39, 0.29) is 11.5 Å². The molecule has 0 radical (unpaired) electrons. The van der Waals surface area contributed by atoms with Gasteiger partial charge in [0, 0.05) is 10.9 Å². The Balaban J connectivity index is 2.49. The number of benzene rings is 2. The summed E-state index contributed by atoms with van der Waals surface area (Å²) in [5, 5.41) is 1.19. The van der Waals surface area contributed by atoms with Crippen LogP contribution in [0.4, 0.5) is 0 Å². The molecule has 3 rings (SSSR count). The van der Waals surface area contributed by atoms with Gasteiger partial charge in [-0.05, 0) is 24.3 Å². The highest BCUT2D eigenvalue weighted by Gasteiger charge is 2.09. The van der Waals surface area contributed by atoms with E-state index in [1.807, 2.05) is 30.3 Å². The molecule has 0 aliphatic rings. The van der Waals surface area contributed by atoms with Crippen molar-refractivity contribution in [1.82, 2.24) is 4.98 Å². The average Bonchev–Trinajstić information content (AvgIpc) is 2.39. The van der Waals surface area contributed by atoms with Gasteiger partial charge >= 0.3 is 0 Å². The van der Waals surface area contributed by atoms with Crippen LogP contribution in [0.3, 0.4) is 0 Å². The molecule has 3 aromatic rings. The number of ether oxygens (including phenoxy) is 1. The first kappa shape index (κ1) is 11.1. The number of H-pyrrole nitrogens is 1. The van der Waals surface area contributed by atoms with E-state index in [4.69, 9.17) is 16.3 Å². The lowest BCUT2D eigenvalue weighted by Gasteiger charge is -2.07. The molecule has 1 N–H and O–H groups in total. The zero-order valence-corrected chi connectivity index (χ0v) is 10.2. The van der Waals surface area contributed by atoms with Crippen molar-refractivity contribution in [2.75, 3.05) is 6.07 Å². The van der Waals surface area contributed by atoms with Crippen molar-refractivity contribution in [1.29, 1.82) is 0 Å². The minimum atomic E-state index is -0.0416. The number of nitrogens with one attached hydrogen (secondary N) is 1. The number of halogens is 1. The molecule has 4 heteroatoms. The summed E-state index contributed by atoms with van der Waals surface area (Å²) in [5.41, 5.74) is 1.53.